The van der Waals surface area contributed by atoms with Gasteiger partial charge in [-0.1, -0.05) is 48.5 Å². The molecule has 1 aromatic carbocycles. The molecule has 0 unspecified atom stereocenters. The molecule has 1 N–H and O–H groups in total. The third-order valence-electron chi connectivity index (χ3n) is 5.69. The summed E-state index contributed by atoms with van der Waals surface area (Å²) in [6, 6.07) is 5.64. The standard InChI is InChI=1S/C20H28Cl2N2O/c21-18-7-4-8-19(22)17(18)14-24-11-9-16(10-12-24)20(25)23-13-15-5-2-1-3-6-15/h4,7-8,15-16H,1-3,5-6,9-14H2,(H,23,25). The Kier molecular flexibility index (Phi) is 7.03. The molecule has 1 amide bonds. The van der Waals surface area contributed by atoms with Crippen LogP contribution in [-0.4, -0.2) is 30.4 Å². The average Bonchev–Trinajstić information content (AvgIpc) is 2.64. The molecule has 25 heavy (non-hydrogen) atoms. The quantitative estimate of drug-likeness (QED) is 0.784. The normalized spacial score (nSPS) is 20.6. The number of benzene rings is 1. The van der Waals surface area contributed by atoms with Gasteiger partial charge in [0.15, 0.2) is 0 Å². The van der Waals surface area contributed by atoms with Crippen LogP contribution in [-0.2, 0) is 11.3 Å². The molecule has 0 bridgehead atoms. The molecular formula is C20H28Cl2N2O. The highest BCUT2D eigenvalue weighted by atomic mass is 35.5. The maximum atomic E-state index is 12.4. The molecule has 1 saturated heterocycles. The van der Waals surface area contributed by atoms with Gasteiger partial charge in [-0.2, -0.15) is 0 Å². The molecule has 1 aliphatic carbocycles. The Hall–Kier alpha value is -0.770. The zero-order valence-corrected chi connectivity index (χ0v) is 16.3. The first-order valence-corrected chi connectivity index (χ1v) is 10.3. The lowest BCUT2D eigenvalue weighted by Crippen LogP contribution is -2.41. The number of halogens is 2. The summed E-state index contributed by atoms with van der Waals surface area (Å²) in [4.78, 5) is 14.8. The smallest absolute Gasteiger partial charge is 0.223 e. The van der Waals surface area contributed by atoms with Gasteiger partial charge in [-0.25, -0.2) is 0 Å². The van der Waals surface area contributed by atoms with Gasteiger partial charge < -0.3 is 5.32 Å². The van der Waals surface area contributed by atoms with Gasteiger partial charge in [0.1, 0.15) is 0 Å². The fraction of sp³-hybridized carbons (Fsp3) is 0.650. The van der Waals surface area contributed by atoms with Crippen molar-refractivity contribution in [1.29, 1.82) is 0 Å². The lowest BCUT2D eigenvalue weighted by atomic mass is 9.89. The molecule has 0 radical (unpaired) electrons. The van der Waals surface area contributed by atoms with E-state index in [0.29, 0.717) is 5.92 Å². The molecule has 0 atom stereocenters. The minimum Gasteiger partial charge on any atom is -0.356 e. The number of carbonyl (C=O) groups is 1. The molecule has 0 spiro atoms. The molecule has 2 fully saturated rings. The largest absolute Gasteiger partial charge is 0.356 e. The second kappa shape index (κ2) is 9.25. The van der Waals surface area contributed by atoms with Crippen LogP contribution in [0.25, 0.3) is 0 Å². The summed E-state index contributed by atoms with van der Waals surface area (Å²) >= 11 is 12.5. The van der Waals surface area contributed by atoms with Gasteiger partial charge in [0.25, 0.3) is 0 Å². The third-order valence-corrected chi connectivity index (χ3v) is 6.40. The number of piperidine rings is 1. The summed E-state index contributed by atoms with van der Waals surface area (Å²) < 4.78 is 0. The Balaban J connectivity index is 1.42. The van der Waals surface area contributed by atoms with E-state index in [-0.39, 0.29) is 11.8 Å². The third kappa shape index (κ3) is 5.35. The van der Waals surface area contributed by atoms with Crippen LogP contribution < -0.4 is 5.32 Å². The molecule has 1 heterocycles. The molecule has 0 aromatic heterocycles. The number of hydrogen-bond acceptors (Lipinski definition) is 2. The van der Waals surface area contributed by atoms with E-state index in [1.54, 1.807) is 0 Å². The monoisotopic (exact) mass is 382 g/mol. The van der Waals surface area contributed by atoms with Crippen molar-refractivity contribution in [2.24, 2.45) is 11.8 Å². The predicted molar refractivity (Wildman–Crippen MR) is 104 cm³/mol. The molecule has 1 aromatic rings. The van der Waals surface area contributed by atoms with Crippen LogP contribution >= 0.6 is 23.2 Å². The van der Waals surface area contributed by atoms with E-state index >= 15 is 0 Å². The van der Waals surface area contributed by atoms with Crippen molar-refractivity contribution in [3.05, 3.63) is 33.8 Å². The van der Waals surface area contributed by atoms with E-state index in [4.69, 9.17) is 23.2 Å². The number of nitrogens with zero attached hydrogens (tertiary/aromatic N) is 1. The fourth-order valence-electron chi connectivity index (χ4n) is 4.04. The lowest BCUT2D eigenvalue weighted by Gasteiger charge is -2.32. The van der Waals surface area contributed by atoms with Gasteiger partial charge in [0.2, 0.25) is 5.91 Å². The van der Waals surface area contributed by atoms with Gasteiger partial charge in [-0.05, 0) is 56.8 Å². The Labute approximate surface area is 161 Å². The van der Waals surface area contributed by atoms with E-state index in [1.807, 2.05) is 18.2 Å². The van der Waals surface area contributed by atoms with Gasteiger partial charge in [0.05, 0.1) is 0 Å². The first-order valence-electron chi connectivity index (χ1n) is 9.56. The van der Waals surface area contributed by atoms with Crippen LogP contribution in [0.5, 0.6) is 0 Å². The van der Waals surface area contributed by atoms with E-state index in [2.05, 4.69) is 10.2 Å². The number of hydrogen-bond donors (Lipinski definition) is 1. The van der Waals surface area contributed by atoms with Crippen molar-refractivity contribution in [3.63, 3.8) is 0 Å². The minimum atomic E-state index is 0.154. The van der Waals surface area contributed by atoms with Crippen molar-refractivity contribution in [2.45, 2.75) is 51.5 Å². The SMILES string of the molecule is O=C(NCC1CCCCC1)C1CCN(Cc2c(Cl)cccc2Cl)CC1. The van der Waals surface area contributed by atoms with Crippen molar-refractivity contribution < 1.29 is 4.79 Å². The summed E-state index contributed by atoms with van der Waals surface area (Å²) in [7, 11) is 0. The van der Waals surface area contributed by atoms with Crippen LogP contribution in [0, 0.1) is 11.8 Å². The summed E-state index contributed by atoms with van der Waals surface area (Å²) in [6.45, 7) is 3.47. The zero-order chi connectivity index (χ0) is 17.6. The zero-order valence-electron chi connectivity index (χ0n) is 14.8. The predicted octanol–water partition coefficient (Wildman–Crippen LogP) is 4.90. The Morgan fingerprint density at radius 2 is 1.68 bits per heavy atom. The second-order valence-corrected chi connectivity index (χ2v) is 8.31. The van der Waals surface area contributed by atoms with E-state index in [9.17, 15) is 4.79 Å². The molecule has 1 saturated carbocycles. The van der Waals surface area contributed by atoms with Crippen molar-refractivity contribution in [2.75, 3.05) is 19.6 Å². The Bertz CT molecular complexity index is 559. The van der Waals surface area contributed by atoms with Crippen LogP contribution in [0.15, 0.2) is 18.2 Å². The van der Waals surface area contributed by atoms with E-state index in [0.717, 1.165) is 54.6 Å². The van der Waals surface area contributed by atoms with Gasteiger partial charge in [0, 0.05) is 34.6 Å². The number of rotatable bonds is 5. The highest BCUT2D eigenvalue weighted by Crippen LogP contribution is 2.28. The topological polar surface area (TPSA) is 32.3 Å². The fourth-order valence-corrected chi connectivity index (χ4v) is 4.56. The number of likely N-dealkylation sites (tertiary alicyclic amines) is 1. The number of nitrogens with one attached hydrogen (secondary N) is 1. The van der Waals surface area contributed by atoms with Crippen LogP contribution in [0.4, 0.5) is 0 Å². The molecule has 1 aliphatic heterocycles. The summed E-state index contributed by atoms with van der Waals surface area (Å²) in [6.07, 6.45) is 8.39. The maximum absolute atomic E-state index is 12.4. The van der Waals surface area contributed by atoms with Gasteiger partial charge in [-0.15, -0.1) is 0 Å². The van der Waals surface area contributed by atoms with Crippen LogP contribution in [0.2, 0.25) is 10.0 Å². The molecule has 3 nitrogen and oxygen atoms in total. The minimum absolute atomic E-state index is 0.154. The van der Waals surface area contributed by atoms with Gasteiger partial charge in [-0.3, -0.25) is 9.69 Å². The maximum Gasteiger partial charge on any atom is 0.223 e. The first-order chi connectivity index (χ1) is 12.1. The average molecular weight is 383 g/mol. The van der Waals surface area contributed by atoms with Gasteiger partial charge >= 0.3 is 0 Å². The second-order valence-electron chi connectivity index (χ2n) is 7.50. The number of carbonyl (C=O) groups excluding carboxylic acids is 1. The van der Waals surface area contributed by atoms with Crippen molar-refractivity contribution in [3.8, 4) is 0 Å². The molecule has 5 heteroatoms. The Morgan fingerprint density at radius 3 is 2.32 bits per heavy atom. The molecule has 3 rings (SSSR count). The summed E-state index contributed by atoms with van der Waals surface area (Å²) in [5, 5.41) is 4.65. The van der Waals surface area contributed by atoms with Crippen molar-refractivity contribution >= 4 is 29.1 Å². The Morgan fingerprint density at radius 1 is 1.04 bits per heavy atom. The highest BCUT2D eigenvalue weighted by molar-refractivity contribution is 6.35. The van der Waals surface area contributed by atoms with Crippen LogP contribution in [0.3, 0.4) is 0 Å². The molecule has 138 valence electrons. The van der Waals surface area contributed by atoms with E-state index in [1.165, 1.54) is 32.1 Å². The van der Waals surface area contributed by atoms with Crippen molar-refractivity contribution in [1.82, 2.24) is 10.2 Å². The van der Waals surface area contributed by atoms with Crippen LogP contribution in [0.1, 0.15) is 50.5 Å². The number of amides is 1. The summed E-state index contributed by atoms with van der Waals surface area (Å²) in [5.41, 5.74) is 0.992. The van der Waals surface area contributed by atoms with E-state index < -0.39 is 0 Å². The molecular weight excluding hydrogens is 355 g/mol. The first kappa shape index (κ1) is 19.0. The summed E-state index contributed by atoms with van der Waals surface area (Å²) in [5.74, 6) is 1.10. The highest BCUT2D eigenvalue weighted by Gasteiger charge is 2.26. The molecule has 2 aliphatic rings. The lowest BCUT2D eigenvalue weighted by molar-refractivity contribution is -0.126.